The third kappa shape index (κ3) is 19.7. The maximum absolute atomic E-state index is 12.8. The SMILES string of the molecule is CNC(CC(C)=O)CC(=O)NCCCC(CC(C)=O)NC(=O)CC(CC(C)=O)NC(=O)CC(CC(C)=O)NC. The highest BCUT2D eigenvalue weighted by Gasteiger charge is 2.23. The van der Waals surface area contributed by atoms with Gasteiger partial charge in [0.05, 0.1) is 0 Å². The van der Waals surface area contributed by atoms with Gasteiger partial charge in [0.2, 0.25) is 17.7 Å². The van der Waals surface area contributed by atoms with E-state index in [-0.39, 0.29) is 92.0 Å². The van der Waals surface area contributed by atoms with E-state index in [1.165, 1.54) is 27.7 Å². The molecule has 0 rings (SSSR count). The van der Waals surface area contributed by atoms with Crippen LogP contribution in [0.25, 0.3) is 0 Å². The summed E-state index contributed by atoms with van der Waals surface area (Å²) < 4.78 is 0. The molecule has 39 heavy (non-hydrogen) atoms. The van der Waals surface area contributed by atoms with Crippen molar-refractivity contribution in [3.8, 4) is 0 Å². The van der Waals surface area contributed by atoms with E-state index in [1.807, 2.05) is 0 Å². The molecular weight excluding hydrogens is 506 g/mol. The molecule has 0 aliphatic heterocycles. The highest BCUT2D eigenvalue weighted by Crippen LogP contribution is 2.08. The third-order valence-electron chi connectivity index (χ3n) is 6.03. The molecule has 3 amide bonds. The fourth-order valence-electron chi connectivity index (χ4n) is 4.23. The Labute approximate surface area is 231 Å². The normalized spacial score (nSPS) is 13.9. The summed E-state index contributed by atoms with van der Waals surface area (Å²) in [6, 6.07) is -1.79. The van der Waals surface area contributed by atoms with Gasteiger partial charge in [0.15, 0.2) is 0 Å². The molecule has 0 aliphatic rings. The van der Waals surface area contributed by atoms with Crippen LogP contribution < -0.4 is 26.6 Å². The Morgan fingerprint density at radius 1 is 0.487 bits per heavy atom. The van der Waals surface area contributed by atoms with Gasteiger partial charge >= 0.3 is 0 Å². The van der Waals surface area contributed by atoms with Gasteiger partial charge in [0.25, 0.3) is 0 Å². The highest BCUT2D eigenvalue weighted by atomic mass is 16.2. The monoisotopic (exact) mass is 553 g/mol. The lowest BCUT2D eigenvalue weighted by Crippen LogP contribution is -2.44. The van der Waals surface area contributed by atoms with Crippen LogP contribution in [0.2, 0.25) is 0 Å². The second kappa shape index (κ2) is 20.0. The first-order chi connectivity index (χ1) is 18.2. The molecule has 12 nitrogen and oxygen atoms in total. The molecule has 0 saturated carbocycles. The molecule has 0 aromatic carbocycles. The number of hydrogen-bond acceptors (Lipinski definition) is 9. The first kappa shape index (κ1) is 36.0. The molecular formula is C27H47N5O7. The van der Waals surface area contributed by atoms with E-state index < -0.39 is 18.0 Å². The molecule has 222 valence electrons. The van der Waals surface area contributed by atoms with Crippen molar-refractivity contribution >= 4 is 40.9 Å². The van der Waals surface area contributed by atoms with Gasteiger partial charge in [0.1, 0.15) is 23.1 Å². The van der Waals surface area contributed by atoms with Crippen molar-refractivity contribution in [2.24, 2.45) is 0 Å². The van der Waals surface area contributed by atoms with E-state index in [9.17, 15) is 33.6 Å². The fraction of sp³-hybridized carbons (Fsp3) is 0.741. The van der Waals surface area contributed by atoms with E-state index in [0.29, 0.717) is 19.4 Å². The lowest BCUT2D eigenvalue weighted by molar-refractivity contribution is -0.126. The van der Waals surface area contributed by atoms with E-state index in [1.54, 1.807) is 14.1 Å². The van der Waals surface area contributed by atoms with Crippen molar-refractivity contribution in [2.45, 2.75) is 110 Å². The van der Waals surface area contributed by atoms with Crippen LogP contribution in [0.1, 0.15) is 85.5 Å². The smallest absolute Gasteiger partial charge is 0.222 e. The minimum absolute atomic E-state index is 0.00906. The molecule has 0 bridgehead atoms. The molecule has 0 heterocycles. The lowest BCUT2D eigenvalue weighted by Gasteiger charge is -2.22. The predicted octanol–water partition coefficient (Wildman–Crippen LogP) is 0.115. The second-order valence-electron chi connectivity index (χ2n) is 10.2. The zero-order chi connectivity index (χ0) is 30.0. The summed E-state index contributed by atoms with van der Waals surface area (Å²) in [6.45, 7) is 6.04. The van der Waals surface area contributed by atoms with Crippen molar-refractivity contribution in [3.05, 3.63) is 0 Å². The van der Waals surface area contributed by atoms with Gasteiger partial charge in [0, 0.05) is 75.7 Å². The summed E-state index contributed by atoms with van der Waals surface area (Å²) in [6.07, 6.45) is 1.51. The maximum atomic E-state index is 12.8. The Kier molecular flexibility index (Phi) is 18.5. The summed E-state index contributed by atoms with van der Waals surface area (Å²) in [4.78, 5) is 83.6. The molecule has 0 fully saturated rings. The van der Waals surface area contributed by atoms with Gasteiger partial charge in [-0.25, -0.2) is 0 Å². The van der Waals surface area contributed by atoms with Crippen molar-refractivity contribution in [3.63, 3.8) is 0 Å². The van der Waals surface area contributed by atoms with Crippen molar-refractivity contribution in [2.75, 3.05) is 20.6 Å². The zero-order valence-corrected chi connectivity index (χ0v) is 24.2. The predicted molar refractivity (Wildman–Crippen MR) is 147 cm³/mol. The Bertz CT molecular complexity index is 861. The van der Waals surface area contributed by atoms with Crippen LogP contribution in [0.5, 0.6) is 0 Å². The van der Waals surface area contributed by atoms with Crippen LogP contribution in [0.3, 0.4) is 0 Å². The Morgan fingerprint density at radius 3 is 1.28 bits per heavy atom. The number of amides is 3. The number of carbonyl (C=O) groups excluding carboxylic acids is 7. The zero-order valence-electron chi connectivity index (χ0n) is 24.2. The minimum Gasteiger partial charge on any atom is -0.356 e. The number of carbonyl (C=O) groups is 7. The van der Waals surface area contributed by atoms with E-state index in [0.717, 1.165) is 0 Å². The van der Waals surface area contributed by atoms with Crippen molar-refractivity contribution in [1.82, 2.24) is 26.6 Å². The average Bonchev–Trinajstić information content (AvgIpc) is 2.79. The van der Waals surface area contributed by atoms with Crippen LogP contribution in [-0.4, -0.2) is 85.7 Å². The molecule has 0 saturated heterocycles. The topological polar surface area (TPSA) is 180 Å². The highest BCUT2D eigenvalue weighted by molar-refractivity contribution is 5.84. The van der Waals surface area contributed by atoms with Crippen molar-refractivity contribution in [1.29, 1.82) is 0 Å². The third-order valence-corrected chi connectivity index (χ3v) is 6.03. The number of rotatable bonds is 22. The molecule has 0 radical (unpaired) electrons. The lowest BCUT2D eigenvalue weighted by atomic mass is 10.0. The molecule has 5 N–H and O–H groups in total. The molecule has 0 aromatic heterocycles. The van der Waals surface area contributed by atoms with Gasteiger partial charge in [-0.1, -0.05) is 0 Å². The Balaban J connectivity index is 4.90. The summed E-state index contributed by atoms with van der Waals surface area (Å²) in [5.74, 6) is -1.36. The van der Waals surface area contributed by atoms with Gasteiger partial charge < -0.3 is 26.6 Å². The fourth-order valence-corrected chi connectivity index (χ4v) is 4.23. The van der Waals surface area contributed by atoms with Crippen molar-refractivity contribution < 1.29 is 33.6 Å². The van der Waals surface area contributed by atoms with Crippen LogP contribution >= 0.6 is 0 Å². The number of ketones is 4. The molecule has 12 heteroatoms. The van der Waals surface area contributed by atoms with Crippen LogP contribution in [-0.2, 0) is 33.6 Å². The van der Waals surface area contributed by atoms with E-state index in [4.69, 9.17) is 0 Å². The van der Waals surface area contributed by atoms with E-state index in [2.05, 4.69) is 26.6 Å². The molecule has 4 unspecified atom stereocenters. The quantitative estimate of drug-likeness (QED) is 0.116. The van der Waals surface area contributed by atoms with Crippen LogP contribution in [0.15, 0.2) is 0 Å². The van der Waals surface area contributed by atoms with Gasteiger partial charge in [-0.2, -0.15) is 0 Å². The molecule has 0 aliphatic carbocycles. The maximum Gasteiger partial charge on any atom is 0.222 e. The molecule has 0 spiro atoms. The van der Waals surface area contributed by atoms with Crippen LogP contribution in [0.4, 0.5) is 0 Å². The summed E-state index contributed by atoms with van der Waals surface area (Å²) >= 11 is 0. The summed E-state index contributed by atoms with van der Waals surface area (Å²) in [5.41, 5.74) is 0. The van der Waals surface area contributed by atoms with Gasteiger partial charge in [-0.05, 0) is 54.6 Å². The largest absolute Gasteiger partial charge is 0.356 e. The van der Waals surface area contributed by atoms with Gasteiger partial charge in [-0.3, -0.25) is 33.6 Å². The van der Waals surface area contributed by atoms with E-state index >= 15 is 0 Å². The second-order valence-corrected chi connectivity index (χ2v) is 10.2. The summed E-state index contributed by atoms with van der Waals surface area (Å²) in [7, 11) is 3.34. The average molecular weight is 554 g/mol. The number of hydrogen-bond donors (Lipinski definition) is 5. The number of Topliss-reactive ketones (excluding diaryl/α,β-unsaturated/α-hetero) is 4. The molecule has 0 aromatic rings. The molecule has 4 atom stereocenters. The van der Waals surface area contributed by atoms with Gasteiger partial charge in [-0.15, -0.1) is 0 Å². The Morgan fingerprint density at radius 2 is 0.846 bits per heavy atom. The standard InChI is InChI=1S/C27H47N5O7/c1-17(33)10-21(8-7-9-30-25(37)14-22(28-5)11-18(2)34)31-27(39)16-24(13-20(4)36)32-26(38)15-23(29-6)12-19(3)35/h21-24,28-29H,7-16H2,1-6H3,(H,30,37)(H,31,39)(H,32,38). The Hall–Kier alpha value is -2.99. The summed E-state index contributed by atoms with van der Waals surface area (Å²) in [5, 5.41) is 14.2. The minimum atomic E-state index is -0.725. The first-order valence-corrected chi connectivity index (χ1v) is 13.4. The first-order valence-electron chi connectivity index (χ1n) is 13.4. The van der Waals surface area contributed by atoms with Crippen LogP contribution in [0, 0.1) is 0 Å². The number of nitrogens with one attached hydrogen (secondary N) is 5.